The molecule has 1 fully saturated rings. The van der Waals surface area contributed by atoms with E-state index in [0.717, 1.165) is 29.8 Å². The van der Waals surface area contributed by atoms with Crippen LogP contribution in [0.15, 0.2) is 53.4 Å². The van der Waals surface area contributed by atoms with Crippen molar-refractivity contribution in [3.8, 4) is 0 Å². The third-order valence-corrected chi connectivity index (χ3v) is 4.12. The molecule has 116 valence electrons. The molecular formula is C17H16N4O2. The van der Waals surface area contributed by atoms with Gasteiger partial charge in [0.05, 0.1) is 11.8 Å². The smallest absolute Gasteiger partial charge is 0.289 e. The predicted molar refractivity (Wildman–Crippen MR) is 86.4 cm³/mol. The Kier molecular flexibility index (Phi) is 3.42. The van der Waals surface area contributed by atoms with Gasteiger partial charge in [-0.3, -0.25) is 4.79 Å². The Labute approximate surface area is 133 Å². The summed E-state index contributed by atoms with van der Waals surface area (Å²) in [5, 5.41) is 1.04. The lowest BCUT2D eigenvalue weighted by molar-refractivity contribution is 0.0714. The minimum atomic E-state index is -0.0535. The Morgan fingerprint density at radius 2 is 1.83 bits per heavy atom. The van der Waals surface area contributed by atoms with Gasteiger partial charge < -0.3 is 14.2 Å². The number of hydrogen-bond acceptors (Lipinski definition) is 5. The van der Waals surface area contributed by atoms with Crippen LogP contribution in [0.25, 0.3) is 10.9 Å². The number of anilines is 1. The molecule has 1 aromatic carbocycles. The topological polar surface area (TPSA) is 62.5 Å². The Balaban J connectivity index is 1.52. The van der Waals surface area contributed by atoms with Gasteiger partial charge in [-0.1, -0.05) is 12.1 Å². The van der Waals surface area contributed by atoms with E-state index in [0.29, 0.717) is 18.8 Å². The first-order valence-corrected chi connectivity index (χ1v) is 7.60. The lowest BCUT2D eigenvalue weighted by Crippen LogP contribution is -2.49. The minimum absolute atomic E-state index is 0.0535. The van der Waals surface area contributed by atoms with Crippen molar-refractivity contribution in [2.24, 2.45) is 0 Å². The Morgan fingerprint density at radius 3 is 2.61 bits per heavy atom. The molecule has 0 spiro atoms. The zero-order chi connectivity index (χ0) is 15.6. The van der Waals surface area contributed by atoms with Crippen molar-refractivity contribution >= 4 is 22.6 Å². The number of hydrogen-bond donors (Lipinski definition) is 0. The summed E-state index contributed by atoms with van der Waals surface area (Å²) in [4.78, 5) is 25.1. The first-order valence-electron chi connectivity index (χ1n) is 7.60. The van der Waals surface area contributed by atoms with Crippen molar-refractivity contribution in [3.63, 3.8) is 0 Å². The fourth-order valence-corrected chi connectivity index (χ4v) is 2.92. The Hall–Kier alpha value is -2.89. The van der Waals surface area contributed by atoms with E-state index in [1.807, 2.05) is 29.2 Å². The largest absolute Gasteiger partial charge is 0.459 e. The van der Waals surface area contributed by atoms with Gasteiger partial charge >= 0.3 is 0 Å². The number of carbonyl (C=O) groups is 1. The second-order valence-electron chi connectivity index (χ2n) is 5.47. The van der Waals surface area contributed by atoms with Gasteiger partial charge in [-0.15, -0.1) is 0 Å². The van der Waals surface area contributed by atoms with Crippen LogP contribution in [-0.4, -0.2) is 47.0 Å². The number of furan rings is 1. The van der Waals surface area contributed by atoms with Gasteiger partial charge in [0, 0.05) is 31.6 Å². The molecule has 0 bridgehead atoms. The number of piperazine rings is 1. The number of amides is 1. The molecule has 0 saturated carbocycles. The molecule has 3 heterocycles. The quantitative estimate of drug-likeness (QED) is 0.726. The van der Waals surface area contributed by atoms with Gasteiger partial charge in [-0.2, -0.15) is 0 Å². The second-order valence-corrected chi connectivity index (χ2v) is 5.47. The first kappa shape index (κ1) is 13.8. The zero-order valence-electron chi connectivity index (χ0n) is 12.6. The molecule has 0 atom stereocenters. The maximum absolute atomic E-state index is 12.3. The predicted octanol–water partition coefficient (Wildman–Crippen LogP) is 2.19. The molecule has 0 radical (unpaired) electrons. The first-order chi connectivity index (χ1) is 11.3. The van der Waals surface area contributed by atoms with E-state index in [9.17, 15) is 4.79 Å². The molecule has 6 heteroatoms. The SMILES string of the molecule is O=C(c1ccco1)N1CCN(c2ncnc3ccccc23)CC1. The van der Waals surface area contributed by atoms with Gasteiger partial charge in [-0.25, -0.2) is 9.97 Å². The molecule has 0 N–H and O–H groups in total. The van der Waals surface area contributed by atoms with Crippen molar-refractivity contribution in [3.05, 3.63) is 54.7 Å². The summed E-state index contributed by atoms with van der Waals surface area (Å²) < 4.78 is 5.19. The van der Waals surface area contributed by atoms with Crippen molar-refractivity contribution in [1.82, 2.24) is 14.9 Å². The van der Waals surface area contributed by atoms with Crippen LogP contribution >= 0.6 is 0 Å². The van der Waals surface area contributed by atoms with E-state index in [4.69, 9.17) is 4.42 Å². The van der Waals surface area contributed by atoms with Gasteiger partial charge in [0.1, 0.15) is 12.1 Å². The summed E-state index contributed by atoms with van der Waals surface area (Å²) in [6.07, 6.45) is 3.12. The lowest BCUT2D eigenvalue weighted by atomic mass is 10.2. The van der Waals surface area contributed by atoms with E-state index < -0.39 is 0 Å². The minimum Gasteiger partial charge on any atom is -0.459 e. The number of fused-ring (bicyclic) bond motifs is 1. The van der Waals surface area contributed by atoms with Crippen LogP contribution in [-0.2, 0) is 0 Å². The highest BCUT2D eigenvalue weighted by molar-refractivity contribution is 5.92. The third-order valence-electron chi connectivity index (χ3n) is 4.12. The maximum atomic E-state index is 12.3. The van der Waals surface area contributed by atoms with Crippen LogP contribution < -0.4 is 4.90 Å². The van der Waals surface area contributed by atoms with Gasteiger partial charge in [-0.05, 0) is 24.3 Å². The number of benzene rings is 1. The monoisotopic (exact) mass is 308 g/mol. The van der Waals surface area contributed by atoms with Crippen LogP contribution in [0.2, 0.25) is 0 Å². The molecular weight excluding hydrogens is 292 g/mol. The number of nitrogens with zero attached hydrogens (tertiary/aromatic N) is 4. The third kappa shape index (κ3) is 2.52. The molecule has 23 heavy (non-hydrogen) atoms. The summed E-state index contributed by atoms with van der Waals surface area (Å²) in [5.74, 6) is 1.27. The Bertz CT molecular complexity index is 818. The van der Waals surface area contributed by atoms with E-state index >= 15 is 0 Å². The molecule has 6 nitrogen and oxygen atoms in total. The normalized spacial score (nSPS) is 15.1. The summed E-state index contributed by atoms with van der Waals surface area (Å²) in [6, 6.07) is 11.4. The number of carbonyl (C=O) groups excluding carboxylic acids is 1. The summed E-state index contributed by atoms with van der Waals surface area (Å²) in [7, 11) is 0. The molecule has 4 rings (SSSR count). The standard InChI is InChI=1S/C17H16N4O2/c22-17(15-6-3-11-23-15)21-9-7-20(8-10-21)16-13-4-1-2-5-14(13)18-12-19-16/h1-6,11-12H,7-10H2. The average Bonchev–Trinajstić information content (AvgIpc) is 3.15. The van der Waals surface area contributed by atoms with E-state index in [2.05, 4.69) is 14.9 Å². The molecule has 1 saturated heterocycles. The fourth-order valence-electron chi connectivity index (χ4n) is 2.92. The fraction of sp³-hybridized carbons (Fsp3) is 0.235. The molecule has 3 aromatic rings. The van der Waals surface area contributed by atoms with Crippen LogP contribution in [0.5, 0.6) is 0 Å². The highest BCUT2D eigenvalue weighted by Crippen LogP contribution is 2.23. The number of rotatable bonds is 2. The average molecular weight is 308 g/mol. The zero-order valence-corrected chi connectivity index (χ0v) is 12.6. The molecule has 0 unspecified atom stereocenters. The van der Waals surface area contributed by atoms with Gasteiger partial charge in [0.25, 0.3) is 5.91 Å². The lowest BCUT2D eigenvalue weighted by Gasteiger charge is -2.35. The van der Waals surface area contributed by atoms with E-state index in [1.54, 1.807) is 18.5 Å². The Morgan fingerprint density at radius 1 is 1.00 bits per heavy atom. The molecule has 0 aliphatic carbocycles. The van der Waals surface area contributed by atoms with Crippen LogP contribution in [0, 0.1) is 0 Å². The van der Waals surface area contributed by atoms with Crippen molar-refractivity contribution in [2.45, 2.75) is 0 Å². The summed E-state index contributed by atoms with van der Waals surface area (Å²) >= 11 is 0. The van der Waals surface area contributed by atoms with Gasteiger partial charge in [0.2, 0.25) is 0 Å². The van der Waals surface area contributed by atoms with E-state index in [1.165, 1.54) is 6.26 Å². The van der Waals surface area contributed by atoms with Crippen molar-refractivity contribution < 1.29 is 9.21 Å². The van der Waals surface area contributed by atoms with Crippen molar-refractivity contribution in [1.29, 1.82) is 0 Å². The van der Waals surface area contributed by atoms with Crippen LogP contribution in [0.4, 0.5) is 5.82 Å². The summed E-state index contributed by atoms with van der Waals surface area (Å²) in [6.45, 7) is 2.79. The number of para-hydroxylation sites is 1. The van der Waals surface area contributed by atoms with Crippen molar-refractivity contribution in [2.75, 3.05) is 31.1 Å². The van der Waals surface area contributed by atoms with Gasteiger partial charge in [0.15, 0.2) is 5.76 Å². The van der Waals surface area contributed by atoms with E-state index in [-0.39, 0.29) is 5.91 Å². The molecule has 2 aromatic heterocycles. The highest BCUT2D eigenvalue weighted by atomic mass is 16.3. The number of aromatic nitrogens is 2. The second kappa shape index (κ2) is 5.72. The molecule has 1 aliphatic heterocycles. The maximum Gasteiger partial charge on any atom is 0.289 e. The van der Waals surface area contributed by atoms with Crippen LogP contribution in [0.1, 0.15) is 10.6 Å². The molecule has 1 aliphatic rings. The van der Waals surface area contributed by atoms with Crippen LogP contribution in [0.3, 0.4) is 0 Å². The molecule has 1 amide bonds. The summed E-state index contributed by atoms with van der Waals surface area (Å²) in [5.41, 5.74) is 0.937. The highest BCUT2D eigenvalue weighted by Gasteiger charge is 2.25.